The van der Waals surface area contributed by atoms with Crippen LogP contribution in [0, 0.1) is 6.92 Å². The Morgan fingerprint density at radius 2 is 1.82 bits per heavy atom. The van der Waals surface area contributed by atoms with Gasteiger partial charge in [-0.1, -0.05) is 20.8 Å². The Morgan fingerprint density at radius 1 is 1.05 bits per heavy atom. The molecular weight excluding hydrogens is 276 g/mol. The Hall–Kier alpha value is -2.04. The zero-order chi connectivity index (χ0) is 16.1. The molecule has 0 aromatic carbocycles. The molecule has 0 fully saturated rings. The minimum atomic E-state index is 0.310. The molecule has 2 rings (SSSR count). The lowest BCUT2D eigenvalue weighted by atomic mass is 10.0. The highest BCUT2D eigenvalue weighted by Gasteiger charge is 2.11. The van der Waals surface area contributed by atoms with Gasteiger partial charge in [0, 0.05) is 29.8 Å². The minimum Gasteiger partial charge on any atom is -0.480 e. The fraction of sp³-hybridized carbons (Fsp3) is 0.529. The quantitative estimate of drug-likeness (QED) is 0.817. The maximum atomic E-state index is 5.03. The van der Waals surface area contributed by atoms with Crippen LogP contribution in [0.2, 0.25) is 0 Å². The average Bonchev–Trinajstić information content (AvgIpc) is 2.52. The molecule has 0 aliphatic heterocycles. The van der Waals surface area contributed by atoms with E-state index >= 15 is 0 Å². The first kappa shape index (κ1) is 16.3. The van der Waals surface area contributed by atoms with Crippen molar-refractivity contribution < 1.29 is 4.74 Å². The van der Waals surface area contributed by atoms with E-state index in [9.17, 15) is 0 Å². The van der Waals surface area contributed by atoms with E-state index in [0.717, 1.165) is 35.7 Å². The Labute approximate surface area is 132 Å². The van der Waals surface area contributed by atoms with Crippen molar-refractivity contribution in [2.45, 2.75) is 52.4 Å². The zero-order valence-electron chi connectivity index (χ0n) is 14.0. The summed E-state index contributed by atoms with van der Waals surface area (Å²) in [6.07, 6.45) is 1.79. The summed E-state index contributed by atoms with van der Waals surface area (Å²) in [5.74, 6) is 2.19. The van der Waals surface area contributed by atoms with E-state index in [1.54, 1.807) is 7.11 Å². The third-order valence-corrected chi connectivity index (χ3v) is 3.69. The van der Waals surface area contributed by atoms with Gasteiger partial charge in [-0.25, -0.2) is 9.97 Å². The van der Waals surface area contributed by atoms with Crippen molar-refractivity contribution >= 4 is 0 Å². The van der Waals surface area contributed by atoms with Crippen molar-refractivity contribution in [3.05, 3.63) is 41.1 Å². The van der Waals surface area contributed by atoms with Gasteiger partial charge in [0.1, 0.15) is 5.82 Å². The zero-order valence-corrected chi connectivity index (χ0v) is 14.0. The lowest BCUT2D eigenvalue weighted by Gasteiger charge is -2.12. The number of aromatic nitrogens is 4. The van der Waals surface area contributed by atoms with Crippen molar-refractivity contribution in [1.82, 2.24) is 20.2 Å². The van der Waals surface area contributed by atoms with E-state index < -0.39 is 0 Å². The van der Waals surface area contributed by atoms with E-state index in [4.69, 9.17) is 4.74 Å². The summed E-state index contributed by atoms with van der Waals surface area (Å²) < 4.78 is 5.03. The molecule has 0 aliphatic rings. The molecule has 0 radical (unpaired) electrons. The summed E-state index contributed by atoms with van der Waals surface area (Å²) >= 11 is 0. The van der Waals surface area contributed by atoms with Crippen LogP contribution in [0.1, 0.15) is 61.9 Å². The topological polar surface area (TPSA) is 60.8 Å². The molecule has 0 N–H and O–H groups in total. The minimum absolute atomic E-state index is 0.310. The summed E-state index contributed by atoms with van der Waals surface area (Å²) in [7, 11) is 1.59. The van der Waals surface area contributed by atoms with Gasteiger partial charge in [-0.3, -0.25) is 0 Å². The van der Waals surface area contributed by atoms with Crippen molar-refractivity contribution in [1.29, 1.82) is 0 Å². The molecule has 118 valence electrons. The van der Waals surface area contributed by atoms with Gasteiger partial charge >= 0.3 is 0 Å². The van der Waals surface area contributed by atoms with Gasteiger partial charge in [-0.15, -0.1) is 5.10 Å². The van der Waals surface area contributed by atoms with Gasteiger partial charge < -0.3 is 4.74 Å². The molecule has 22 heavy (non-hydrogen) atoms. The van der Waals surface area contributed by atoms with Crippen LogP contribution in [-0.2, 0) is 6.42 Å². The fourth-order valence-corrected chi connectivity index (χ4v) is 2.26. The molecule has 0 amide bonds. The molecule has 0 saturated carbocycles. The molecule has 2 aromatic heterocycles. The molecule has 5 heteroatoms. The van der Waals surface area contributed by atoms with Crippen LogP contribution in [0.4, 0.5) is 0 Å². The van der Waals surface area contributed by atoms with Gasteiger partial charge in [0.05, 0.1) is 12.8 Å². The Kier molecular flexibility index (Phi) is 5.41. The first-order valence-corrected chi connectivity index (χ1v) is 7.71. The van der Waals surface area contributed by atoms with Crippen LogP contribution in [0.25, 0.3) is 0 Å². The monoisotopic (exact) mass is 300 g/mol. The highest BCUT2D eigenvalue weighted by atomic mass is 16.5. The number of hydrogen-bond acceptors (Lipinski definition) is 5. The number of aryl methyl sites for hydroxylation is 2. The standard InChI is InChI=1S/C17H24N4O/c1-11(2)15-10-13(4)18-16(19-15)8-6-12(3)14-7-9-17(22-5)21-20-14/h7,9-12H,6,8H2,1-5H3. The van der Waals surface area contributed by atoms with Crippen LogP contribution in [-0.4, -0.2) is 27.3 Å². The normalized spacial score (nSPS) is 12.5. The predicted molar refractivity (Wildman–Crippen MR) is 86.2 cm³/mol. The predicted octanol–water partition coefficient (Wildman–Crippen LogP) is 3.44. The summed E-state index contributed by atoms with van der Waals surface area (Å²) in [5, 5.41) is 8.23. The first-order chi connectivity index (χ1) is 10.5. The summed E-state index contributed by atoms with van der Waals surface area (Å²) in [6, 6.07) is 5.87. The number of nitrogens with zero attached hydrogens (tertiary/aromatic N) is 4. The molecule has 2 heterocycles. The second-order valence-corrected chi connectivity index (χ2v) is 5.95. The van der Waals surface area contributed by atoms with E-state index in [1.807, 2.05) is 19.1 Å². The van der Waals surface area contributed by atoms with Crippen molar-refractivity contribution in [3.8, 4) is 5.88 Å². The molecule has 0 spiro atoms. The SMILES string of the molecule is COc1ccc(C(C)CCc2nc(C)cc(C(C)C)n2)nn1. The van der Waals surface area contributed by atoms with Crippen LogP contribution < -0.4 is 4.74 Å². The average molecular weight is 300 g/mol. The highest BCUT2D eigenvalue weighted by molar-refractivity contribution is 5.15. The van der Waals surface area contributed by atoms with Crippen LogP contribution in [0.3, 0.4) is 0 Å². The Morgan fingerprint density at radius 3 is 2.41 bits per heavy atom. The number of hydrogen-bond donors (Lipinski definition) is 0. The first-order valence-electron chi connectivity index (χ1n) is 7.71. The lowest BCUT2D eigenvalue weighted by molar-refractivity contribution is 0.390. The summed E-state index contributed by atoms with van der Waals surface area (Å²) in [5.41, 5.74) is 3.11. The van der Waals surface area contributed by atoms with Crippen molar-refractivity contribution in [2.75, 3.05) is 7.11 Å². The van der Waals surface area contributed by atoms with Crippen molar-refractivity contribution in [3.63, 3.8) is 0 Å². The molecule has 2 aromatic rings. The van der Waals surface area contributed by atoms with Crippen LogP contribution >= 0.6 is 0 Å². The molecule has 1 atom stereocenters. The summed E-state index contributed by atoms with van der Waals surface area (Å²) in [6.45, 7) is 8.48. The van der Waals surface area contributed by atoms with Gasteiger partial charge in [0.25, 0.3) is 0 Å². The second-order valence-electron chi connectivity index (χ2n) is 5.95. The maximum Gasteiger partial charge on any atom is 0.233 e. The Bertz CT molecular complexity index is 611. The van der Waals surface area contributed by atoms with Crippen LogP contribution in [0.5, 0.6) is 5.88 Å². The highest BCUT2D eigenvalue weighted by Crippen LogP contribution is 2.20. The van der Waals surface area contributed by atoms with E-state index in [2.05, 4.69) is 47.0 Å². The third kappa shape index (κ3) is 4.23. The number of rotatable bonds is 6. The lowest BCUT2D eigenvalue weighted by Crippen LogP contribution is -2.06. The molecule has 1 unspecified atom stereocenters. The maximum absolute atomic E-state index is 5.03. The van der Waals surface area contributed by atoms with E-state index in [1.165, 1.54) is 0 Å². The van der Waals surface area contributed by atoms with E-state index in [0.29, 0.717) is 17.7 Å². The number of methoxy groups -OCH3 is 1. The largest absolute Gasteiger partial charge is 0.480 e. The smallest absolute Gasteiger partial charge is 0.233 e. The fourth-order valence-electron chi connectivity index (χ4n) is 2.26. The third-order valence-electron chi connectivity index (χ3n) is 3.69. The molecular formula is C17H24N4O. The number of ether oxygens (including phenoxy) is 1. The Balaban J connectivity index is 2.02. The van der Waals surface area contributed by atoms with Gasteiger partial charge in [0.2, 0.25) is 5.88 Å². The van der Waals surface area contributed by atoms with E-state index in [-0.39, 0.29) is 0 Å². The van der Waals surface area contributed by atoms with Crippen LogP contribution in [0.15, 0.2) is 18.2 Å². The summed E-state index contributed by atoms with van der Waals surface area (Å²) in [4.78, 5) is 9.20. The second kappa shape index (κ2) is 7.29. The molecule has 0 bridgehead atoms. The van der Waals surface area contributed by atoms with Gasteiger partial charge in [0.15, 0.2) is 0 Å². The molecule has 0 aliphatic carbocycles. The van der Waals surface area contributed by atoms with Gasteiger partial charge in [-0.2, -0.15) is 5.10 Å². The van der Waals surface area contributed by atoms with Gasteiger partial charge in [-0.05, 0) is 31.4 Å². The molecule has 5 nitrogen and oxygen atoms in total. The van der Waals surface area contributed by atoms with Crippen molar-refractivity contribution in [2.24, 2.45) is 0 Å². The molecule has 0 saturated heterocycles.